The summed E-state index contributed by atoms with van der Waals surface area (Å²) in [6, 6.07) is 31.6. The summed E-state index contributed by atoms with van der Waals surface area (Å²) in [4.78, 5) is 91.3. The van der Waals surface area contributed by atoms with Crippen LogP contribution in [-0.2, 0) is 28.8 Å². The number of likely N-dealkylation sites (tertiary alicyclic amines) is 2. The zero-order valence-corrected chi connectivity index (χ0v) is 37.7. The van der Waals surface area contributed by atoms with Crippen LogP contribution in [0.2, 0.25) is 0 Å². The van der Waals surface area contributed by atoms with Crippen molar-refractivity contribution in [3.8, 4) is 11.8 Å². The van der Waals surface area contributed by atoms with Gasteiger partial charge in [0.25, 0.3) is 0 Å². The lowest BCUT2D eigenvalue weighted by Gasteiger charge is -2.40. The van der Waals surface area contributed by atoms with Crippen molar-refractivity contribution < 1.29 is 28.8 Å². The first kappa shape index (κ1) is 45.7. The number of carbonyl (C=O) groups is 6. The molecule has 2 unspecified atom stereocenters. The zero-order chi connectivity index (χ0) is 46.2. The zero-order valence-electron chi connectivity index (χ0n) is 37.7. The molecule has 0 radical (unpaired) electrons. The minimum atomic E-state index is -0.604. The maximum absolute atomic E-state index is 14.3. The number of amides is 6. The molecule has 4 aliphatic rings. The molecule has 4 saturated heterocycles. The highest BCUT2D eigenvalue weighted by atomic mass is 16.2. The molecule has 0 saturated carbocycles. The highest BCUT2D eigenvalue weighted by Crippen LogP contribution is 2.31. The second-order valence-corrected chi connectivity index (χ2v) is 17.5. The quantitative estimate of drug-likeness (QED) is 0.217. The third-order valence-electron chi connectivity index (χ3n) is 13.3. The summed E-state index contributed by atoms with van der Waals surface area (Å²) in [5, 5.41) is 6.04. The molecule has 0 spiro atoms. The molecule has 14 heteroatoms. The number of piperazine rings is 2. The molecular weight excluding hydrogens is 833 g/mol. The number of rotatable bonds is 10. The van der Waals surface area contributed by atoms with Crippen LogP contribution in [0.15, 0.2) is 109 Å². The van der Waals surface area contributed by atoms with E-state index in [0.29, 0.717) is 89.7 Å². The van der Waals surface area contributed by atoms with Gasteiger partial charge < -0.3 is 30.2 Å². The van der Waals surface area contributed by atoms with Gasteiger partial charge in [0.15, 0.2) is 0 Å². The van der Waals surface area contributed by atoms with Gasteiger partial charge in [-0.3, -0.25) is 38.6 Å². The van der Waals surface area contributed by atoms with Crippen LogP contribution in [0.5, 0.6) is 0 Å². The number of nitrogens with one attached hydrogen (secondary N) is 2. The molecule has 4 aliphatic heterocycles. The molecule has 8 rings (SSSR count). The Balaban J connectivity index is 0.856. The number of hydrogen-bond donors (Lipinski definition) is 2. The van der Waals surface area contributed by atoms with E-state index in [1.54, 1.807) is 57.7 Å². The Labute approximate surface area is 386 Å². The minimum absolute atomic E-state index is 0.0274. The Bertz CT molecular complexity index is 2270. The molecule has 4 atom stereocenters. The minimum Gasteiger partial charge on any atom is -0.340 e. The Hall–Kier alpha value is -6.82. The van der Waals surface area contributed by atoms with Crippen molar-refractivity contribution in [3.05, 3.63) is 131 Å². The lowest BCUT2D eigenvalue weighted by atomic mass is 10.0. The van der Waals surface area contributed by atoms with Crippen LogP contribution in [0.3, 0.4) is 0 Å². The Morgan fingerprint density at radius 2 is 0.818 bits per heavy atom. The first-order valence-electron chi connectivity index (χ1n) is 23.1. The lowest BCUT2D eigenvalue weighted by molar-refractivity contribution is -0.143. The molecule has 0 aliphatic carbocycles. The average molecular weight is 891 g/mol. The molecule has 4 heterocycles. The topological polar surface area (TPSA) is 146 Å². The standard InChI is InChI=1S/C52H58N8O6/c1-37(61)55-29-33-57(34-30-55)47(41-11-5-3-6-12-41)51(65)59-27-9-15-45(59)49(63)53-43-23-19-39(20-24-43)17-18-40-21-25-44(26-22-40)54-50(64)46-16-10-28-60(46)52(66)48(42-13-7-4-8-14-42)58-35-31-56(32-36-58)38(2)62/h3-8,11-14,19-26,45-48H,9-10,15-16,27-36H2,1-2H3,(H,53,63)(H,54,64)/t45-,46-,47?,48?/m0/s1. The van der Waals surface area contributed by atoms with Gasteiger partial charge >= 0.3 is 0 Å². The summed E-state index contributed by atoms with van der Waals surface area (Å²) in [6.45, 7) is 8.60. The summed E-state index contributed by atoms with van der Waals surface area (Å²) in [6.07, 6.45) is 2.59. The molecule has 4 fully saturated rings. The second-order valence-electron chi connectivity index (χ2n) is 17.5. The van der Waals surface area contributed by atoms with Gasteiger partial charge in [-0.05, 0) is 85.3 Å². The fourth-order valence-corrected chi connectivity index (χ4v) is 9.67. The van der Waals surface area contributed by atoms with Gasteiger partial charge in [-0.25, -0.2) is 0 Å². The smallest absolute Gasteiger partial charge is 0.247 e. The second kappa shape index (κ2) is 21.0. The van der Waals surface area contributed by atoms with Crippen LogP contribution in [0.1, 0.15) is 73.9 Å². The number of hydrogen-bond acceptors (Lipinski definition) is 8. The molecule has 0 aromatic heterocycles. The number of nitrogens with zero attached hydrogens (tertiary/aromatic N) is 6. The van der Waals surface area contributed by atoms with Crippen LogP contribution in [0.25, 0.3) is 0 Å². The molecular formula is C52H58N8O6. The normalized spacial score (nSPS) is 19.9. The van der Waals surface area contributed by atoms with Crippen molar-refractivity contribution in [2.24, 2.45) is 0 Å². The average Bonchev–Trinajstić information content (AvgIpc) is 4.05. The molecule has 0 bridgehead atoms. The van der Waals surface area contributed by atoms with Gasteiger partial charge in [-0.15, -0.1) is 0 Å². The van der Waals surface area contributed by atoms with E-state index in [1.165, 1.54) is 0 Å². The number of carbonyl (C=O) groups excluding carboxylic acids is 6. The highest BCUT2D eigenvalue weighted by molar-refractivity contribution is 5.99. The van der Waals surface area contributed by atoms with Gasteiger partial charge in [0.2, 0.25) is 35.4 Å². The number of benzene rings is 4. The van der Waals surface area contributed by atoms with Crippen molar-refractivity contribution in [1.29, 1.82) is 0 Å². The summed E-state index contributed by atoms with van der Waals surface area (Å²) in [5.41, 5.74) is 4.46. The van der Waals surface area contributed by atoms with Crippen molar-refractivity contribution in [1.82, 2.24) is 29.4 Å². The summed E-state index contributed by atoms with van der Waals surface area (Å²) >= 11 is 0. The largest absolute Gasteiger partial charge is 0.340 e. The third kappa shape index (κ3) is 10.6. The van der Waals surface area contributed by atoms with Crippen LogP contribution in [0.4, 0.5) is 11.4 Å². The molecule has 4 aromatic rings. The fourth-order valence-electron chi connectivity index (χ4n) is 9.67. The van der Waals surface area contributed by atoms with E-state index < -0.39 is 24.2 Å². The van der Waals surface area contributed by atoms with E-state index >= 15 is 0 Å². The van der Waals surface area contributed by atoms with Crippen molar-refractivity contribution >= 4 is 46.8 Å². The predicted molar refractivity (Wildman–Crippen MR) is 252 cm³/mol. The molecule has 4 aromatic carbocycles. The Morgan fingerprint density at radius 3 is 1.15 bits per heavy atom. The summed E-state index contributed by atoms with van der Waals surface area (Å²) < 4.78 is 0. The van der Waals surface area contributed by atoms with Gasteiger partial charge in [0.1, 0.15) is 24.2 Å². The van der Waals surface area contributed by atoms with Crippen LogP contribution >= 0.6 is 0 Å². The van der Waals surface area contributed by atoms with Gasteiger partial charge in [-0.2, -0.15) is 0 Å². The summed E-state index contributed by atoms with van der Waals surface area (Å²) in [5.74, 6) is 5.73. The Morgan fingerprint density at radius 1 is 0.470 bits per heavy atom. The van der Waals surface area contributed by atoms with Crippen LogP contribution in [0, 0.1) is 11.8 Å². The SMILES string of the molecule is CC(=O)N1CCN(C(C(=O)N2CCC[C@H]2C(=O)Nc2ccc(C#Cc3ccc(NC(=O)[C@@H]4CCCN4C(=O)C(c4ccccc4)N4CCN(C(C)=O)CC4)cc3)cc2)c2ccccc2)CC1. The lowest BCUT2D eigenvalue weighted by Crippen LogP contribution is -2.54. The van der Waals surface area contributed by atoms with Crippen LogP contribution < -0.4 is 10.6 Å². The molecule has 342 valence electrons. The van der Waals surface area contributed by atoms with Gasteiger partial charge in [-0.1, -0.05) is 72.5 Å². The predicted octanol–water partition coefficient (Wildman–Crippen LogP) is 4.76. The van der Waals surface area contributed by atoms with Gasteiger partial charge in [0.05, 0.1) is 0 Å². The fraction of sp³-hybridized carbons (Fsp3) is 0.385. The molecule has 2 N–H and O–H groups in total. The monoisotopic (exact) mass is 890 g/mol. The first-order valence-corrected chi connectivity index (χ1v) is 23.1. The van der Waals surface area contributed by atoms with E-state index in [1.807, 2.05) is 84.9 Å². The van der Waals surface area contributed by atoms with Crippen LogP contribution in [-0.4, -0.2) is 142 Å². The van der Waals surface area contributed by atoms with E-state index in [4.69, 9.17) is 0 Å². The maximum atomic E-state index is 14.3. The molecule has 14 nitrogen and oxygen atoms in total. The first-order chi connectivity index (χ1) is 32.0. The highest BCUT2D eigenvalue weighted by Gasteiger charge is 2.42. The van der Waals surface area contributed by atoms with Crippen molar-refractivity contribution in [3.63, 3.8) is 0 Å². The third-order valence-corrected chi connectivity index (χ3v) is 13.3. The van der Waals surface area contributed by atoms with Crippen molar-refractivity contribution in [2.45, 2.75) is 63.7 Å². The van der Waals surface area contributed by atoms with Crippen molar-refractivity contribution in [2.75, 3.05) is 76.1 Å². The summed E-state index contributed by atoms with van der Waals surface area (Å²) in [7, 11) is 0. The molecule has 6 amide bonds. The van der Waals surface area contributed by atoms with E-state index in [0.717, 1.165) is 35.1 Å². The van der Waals surface area contributed by atoms with E-state index in [-0.39, 0.29) is 35.4 Å². The Kier molecular flexibility index (Phi) is 14.6. The van der Waals surface area contributed by atoms with Gasteiger partial charge in [0, 0.05) is 102 Å². The van der Waals surface area contributed by atoms with E-state index in [9.17, 15) is 28.8 Å². The molecule has 66 heavy (non-hydrogen) atoms. The van der Waals surface area contributed by atoms with E-state index in [2.05, 4.69) is 32.3 Å². The maximum Gasteiger partial charge on any atom is 0.247 e. The number of anilines is 2.